The van der Waals surface area contributed by atoms with Crippen molar-refractivity contribution in [1.82, 2.24) is 20.2 Å². The quantitative estimate of drug-likeness (QED) is 0.174. The minimum atomic E-state index is -0.243. The van der Waals surface area contributed by atoms with Crippen LogP contribution in [-0.2, 0) is 10.2 Å². The normalized spacial score (nSPS) is 11.7. The van der Waals surface area contributed by atoms with Gasteiger partial charge in [0.25, 0.3) is 5.91 Å². The largest absolute Gasteiger partial charge is 0.272 e. The molecule has 3 aromatic carbocycles. The van der Waals surface area contributed by atoms with Crippen molar-refractivity contribution in [3.63, 3.8) is 0 Å². The topological polar surface area (TPSA) is 72.2 Å². The second-order valence-electron chi connectivity index (χ2n) is 9.44. The molecule has 1 amide bonds. The van der Waals surface area contributed by atoms with Crippen LogP contribution in [0.15, 0.2) is 83.1 Å². The van der Waals surface area contributed by atoms with Gasteiger partial charge in [-0.05, 0) is 47.7 Å². The van der Waals surface area contributed by atoms with Crippen molar-refractivity contribution in [3.8, 4) is 17.1 Å². The van der Waals surface area contributed by atoms with Crippen LogP contribution >= 0.6 is 23.4 Å². The van der Waals surface area contributed by atoms with E-state index >= 15 is 0 Å². The summed E-state index contributed by atoms with van der Waals surface area (Å²) in [6.45, 7) is 8.62. The third-order valence-electron chi connectivity index (χ3n) is 5.52. The number of carbonyl (C=O) groups excluding carboxylic acids is 1. The van der Waals surface area contributed by atoms with Crippen LogP contribution < -0.4 is 5.43 Å². The van der Waals surface area contributed by atoms with Crippen LogP contribution in [0.25, 0.3) is 17.1 Å². The number of amides is 1. The first kappa shape index (κ1) is 25.7. The predicted octanol–water partition coefficient (Wildman–Crippen LogP) is 6.44. The van der Waals surface area contributed by atoms with Crippen LogP contribution in [-0.4, -0.2) is 32.6 Å². The second kappa shape index (κ2) is 11.1. The van der Waals surface area contributed by atoms with Gasteiger partial charge >= 0.3 is 0 Å². The summed E-state index contributed by atoms with van der Waals surface area (Å²) in [4.78, 5) is 12.4. The zero-order valence-corrected chi connectivity index (χ0v) is 22.3. The highest BCUT2D eigenvalue weighted by atomic mass is 35.5. The summed E-state index contributed by atoms with van der Waals surface area (Å²) in [5, 5.41) is 14.2. The third kappa shape index (κ3) is 6.42. The van der Waals surface area contributed by atoms with E-state index in [0.29, 0.717) is 10.2 Å². The summed E-state index contributed by atoms with van der Waals surface area (Å²) in [5.41, 5.74) is 7.72. The Labute approximate surface area is 220 Å². The average molecular weight is 518 g/mol. The number of hydrogen-bond donors (Lipinski definition) is 1. The number of aromatic nitrogens is 3. The highest BCUT2D eigenvalue weighted by molar-refractivity contribution is 7.99. The number of thioether (sulfide) groups is 1. The van der Waals surface area contributed by atoms with Crippen LogP contribution in [0.4, 0.5) is 0 Å². The number of halogens is 1. The smallest absolute Gasteiger partial charge is 0.250 e. The fraction of sp³-hybridized carbons (Fsp3) is 0.214. The van der Waals surface area contributed by atoms with Gasteiger partial charge in [-0.25, -0.2) is 5.43 Å². The van der Waals surface area contributed by atoms with Gasteiger partial charge in [-0.15, -0.1) is 10.2 Å². The van der Waals surface area contributed by atoms with E-state index in [-0.39, 0.29) is 17.1 Å². The van der Waals surface area contributed by atoms with Gasteiger partial charge < -0.3 is 0 Å². The number of hydrazone groups is 1. The lowest BCUT2D eigenvalue weighted by Crippen LogP contribution is -2.20. The van der Waals surface area contributed by atoms with Gasteiger partial charge in [0.1, 0.15) is 0 Å². The Morgan fingerprint density at radius 1 is 1.06 bits per heavy atom. The molecule has 0 fully saturated rings. The lowest BCUT2D eigenvalue weighted by Gasteiger charge is -2.19. The number of hydrogen-bond acceptors (Lipinski definition) is 5. The van der Waals surface area contributed by atoms with Crippen molar-refractivity contribution in [2.24, 2.45) is 5.10 Å². The van der Waals surface area contributed by atoms with Crippen molar-refractivity contribution in [3.05, 3.63) is 94.5 Å². The summed E-state index contributed by atoms with van der Waals surface area (Å²) in [6.07, 6.45) is 1.56. The summed E-state index contributed by atoms with van der Waals surface area (Å²) >= 11 is 7.29. The van der Waals surface area contributed by atoms with E-state index in [2.05, 4.69) is 65.8 Å². The maximum Gasteiger partial charge on any atom is 0.250 e. The Morgan fingerprint density at radius 2 is 1.78 bits per heavy atom. The molecule has 184 valence electrons. The van der Waals surface area contributed by atoms with Crippen LogP contribution in [0.1, 0.15) is 37.5 Å². The molecule has 0 aliphatic heterocycles. The molecule has 0 saturated heterocycles. The highest BCUT2D eigenvalue weighted by Gasteiger charge is 2.19. The molecule has 1 aromatic heterocycles. The Hall–Kier alpha value is -3.42. The predicted molar refractivity (Wildman–Crippen MR) is 148 cm³/mol. The van der Waals surface area contributed by atoms with Crippen molar-refractivity contribution < 1.29 is 4.79 Å². The SMILES string of the molecule is Cc1ccc(-n2c(SCC(=O)N/N=C/c3cccc(Cl)c3)nnc2-c2ccc(C(C)(C)C)cc2)cc1. The molecule has 36 heavy (non-hydrogen) atoms. The molecule has 4 aromatic rings. The lowest BCUT2D eigenvalue weighted by atomic mass is 9.87. The number of aryl methyl sites for hydroxylation is 1. The van der Waals surface area contributed by atoms with Crippen LogP contribution in [0.5, 0.6) is 0 Å². The molecule has 1 N–H and O–H groups in total. The van der Waals surface area contributed by atoms with E-state index in [1.165, 1.54) is 17.3 Å². The molecule has 4 rings (SSSR count). The first-order valence-corrected chi connectivity index (χ1v) is 12.9. The minimum Gasteiger partial charge on any atom is -0.272 e. The van der Waals surface area contributed by atoms with Gasteiger partial charge in [-0.3, -0.25) is 9.36 Å². The average Bonchev–Trinajstić information content (AvgIpc) is 3.27. The number of benzene rings is 3. The first-order valence-electron chi connectivity index (χ1n) is 11.5. The first-order chi connectivity index (χ1) is 17.2. The molecule has 6 nitrogen and oxygen atoms in total. The number of nitrogens with zero attached hydrogens (tertiary/aromatic N) is 4. The third-order valence-corrected chi connectivity index (χ3v) is 6.68. The van der Waals surface area contributed by atoms with Crippen molar-refractivity contribution in [2.75, 3.05) is 5.75 Å². The molecular weight excluding hydrogens is 490 g/mol. The van der Waals surface area contributed by atoms with Crippen molar-refractivity contribution in [1.29, 1.82) is 0 Å². The monoisotopic (exact) mass is 517 g/mol. The molecule has 0 bridgehead atoms. The molecular formula is C28H28ClN5OS. The molecule has 0 aliphatic carbocycles. The van der Waals surface area contributed by atoms with Crippen molar-refractivity contribution >= 4 is 35.5 Å². The summed E-state index contributed by atoms with van der Waals surface area (Å²) in [7, 11) is 0. The maximum absolute atomic E-state index is 12.4. The molecule has 0 radical (unpaired) electrons. The van der Waals surface area contributed by atoms with Crippen molar-refractivity contribution in [2.45, 2.75) is 38.3 Å². The standard InChI is InChI=1S/C28H28ClN5OS/c1-19-8-14-24(15-9-19)34-26(21-10-12-22(13-11-21)28(2,3)4)32-33-27(34)36-18-25(35)31-30-17-20-6-5-7-23(29)16-20/h5-17H,18H2,1-4H3,(H,31,35)/b30-17+. The Morgan fingerprint density at radius 3 is 2.44 bits per heavy atom. The summed E-state index contributed by atoms with van der Waals surface area (Å²) in [5.74, 6) is 0.619. The molecule has 0 saturated carbocycles. The fourth-order valence-corrected chi connectivity index (χ4v) is 4.47. The Balaban J connectivity index is 1.54. The number of rotatable bonds is 7. The van der Waals surface area contributed by atoms with Crippen LogP contribution in [0.2, 0.25) is 5.02 Å². The van der Waals surface area contributed by atoms with E-state index < -0.39 is 0 Å². The zero-order chi connectivity index (χ0) is 25.7. The Bertz CT molecular complexity index is 1370. The van der Waals surface area contributed by atoms with Gasteiger partial charge in [-0.2, -0.15) is 5.10 Å². The molecule has 0 aliphatic rings. The maximum atomic E-state index is 12.4. The highest BCUT2D eigenvalue weighted by Crippen LogP contribution is 2.30. The summed E-state index contributed by atoms with van der Waals surface area (Å²) in [6, 6.07) is 23.8. The number of carbonyl (C=O) groups is 1. The van der Waals surface area contributed by atoms with Gasteiger partial charge in [-0.1, -0.05) is 98.2 Å². The van der Waals surface area contributed by atoms with Gasteiger partial charge in [0.2, 0.25) is 0 Å². The van der Waals surface area contributed by atoms with Crippen LogP contribution in [0.3, 0.4) is 0 Å². The molecule has 1 heterocycles. The minimum absolute atomic E-state index is 0.0623. The van der Waals surface area contributed by atoms with E-state index in [4.69, 9.17) is 11.6 Å². The molecule has 0 atom stereocenters. The Kier molecular flexibility index (Phi) is 7.91. The zero-order valence-electron chi connectivity index (χ0n) is 20.7. The van der Waals surface area contributed by atoms with E-state index in [1.807, 2.05) is 47.9 Å². The summed E-state index contributed by atoms with van der Waals surface area (Å²) < 4.78 is 1.98. The second-order valence-corrected chi connectivity index (χ2v) is 10.8. The van der Waals surface area contributed by atoms with Crippen LogP contribution in [0, 0.1) is 6.92 Å². The van der Waals surface area contributed by atoms with Gasteiger partial charge in [0.05, 0.1) is 12.0 Å². The molecule has 8 heteroatoms. The van der Waals surface area contributed by atoms with E-state index in [1.54, 1.807) is 18.3 Å². The molecule has 0 unspecified atom stereocenters. The lowest BCUT2D eigenvalue weighted by molar-refractivity contribution is -0.118. The van der Waals surface area contributed by atoms with E-state index in [0.717, 1.165) is 28.2 Å². The number of nitrogens with one attached hydrogen (secondary N) is 1. The van der Waals surface area contributed by atoms with Gasteiger partial charge in [0.15, 0.2) is 11.0 Å². The van der Waals surface area contributed by atoms with E-state index in [9.17, 15) is 4.79 Å². The van der Waals surface area contributed by atoms with Gasteiger partial charge in [0, 0.05) is 16.3 Å². The molecule has 0 spiro atoms. The fourth-order valence-electron chi connectivity index (χ4n) is 3.52.